The highest BCUT2D eigenvalue weighted by molar-refractivity contribution is 6.30. The van der Waals surface area contributed by atoms with Crippen molar-refractivity contribution in [3.63, 3.8) is 0 Å². The molecule has 0 amide bonds. The Kier molecular flexibility index (Phi) is 5.67. The highest BCUT2D eigenvalue weighted by atomic mass is 35.5. The standard InChI is InChI=1S/C19H20ClF3N2/c20-17-8-6-16(7-9-17)18(15-4-2-1-3-5-15)25-12-10-24(11-13-25)14-19(21,22)23/h1-9,18H,10-14H2. The molecule has 3 rings (SSSR count). The van der Waals surface area contributed by atoms with E-state index in [1.165, 1.54) is 4.90 Å². The van der Waals surface area contributed by atoms with Gasteiger partial charge in [-0.05, 0) is 23.3 Å². The molecule has 0 spiro atoms. The third-order valence-corrected chi connectivity index (χ3v) is 4.73. The Morgan fingerprint density at radius 3 is 1.96 bits per heavy atom. The van der Waals surface area contributed by atoms with Gasteiger partial charge in [-0.3, -0.25) is 9.80 Å². The number of halogens is 4. The first-order chi connectivity index (χ1) is 11.9. The normalized spacial score (nSPS) is 18.2. The molecule has 1 aliphatic heterocycles. The number of nitrogens with zero attached hydrogens (tertiary/aromatic N) is 2. The van der Waals surface area contributed by atoms with Crippen LogP contribution in [0.1, 0.15) is 17.2 Å². The minimum atomic E-state index is -4.14. The molecular formula is C19H20ClF3N2. The first-order valence-corrected chi connectivity index (χ1v) is 8.64. The smallest absolute Gasteiger partial charge is 0.292 e. The zero-order chi connectivity index (χ0) is 17.9. The molecule has 0 N–H and O–H groups in total. The molecule has 2 nitrogen and oxygen atoms in total. The van der Waals surface area contributed by atoms with Crippen LogP contribution in [-0.2, 0) is 0 Å². The predicted molar refractivity (Wildman–Crippen MR) is 93.8 cm³/mol. The first-order valence-electron chi connectivity index (χ1n) is 8.26. The Labute approximate surface area is 150 Å². The molecule has 25 heavy (non-hydrogen) atoms. The second-order valence-electron chi connectivity index (χ2n) is 6.29. The van der Waals surface area contributed by atoms with Gasteiger partial charge in [0.25, 0.3) is 0 Å². The fourth-order valence-electron chi connectivity index (χ4n) is 3.33. The van der Waals surface area contributed by atoms with Gasteiger partial charge < -0.3 is 0 Å². The molecule has 0 aromatic heterocycles. The average Bonchev–Trinajstić information content (AvgIpc) is 2.58. The molecule has 6 heteroatoms. The van der Waals surface area contributed by atoms with Crippen molar-refractivity contribution in [2.24, 2.45) is 0 Å². The predicted octanol–water partition coefficient (Wildman–Crippen LogP) is 4.61. The third-order valence-electron chi connectivity index (χ3n) is 4.48. The van der Waals surface area contributed by atoms with Gasteiger partial charge in [0.1, 0.15) is 0 Å². The fraction of sp³-hybridized carbons (Fsp3) is 0.368. The topological polar surface area (TPSA) is 6.48 Å². The van der Waals surface area contributed by atoms with E-state index in [0.29, 0.717) is 31.2 Å². The molecular weight excluding hydrogens is 349 g/mol. The molecule has 2 aromatic carbocycles. The summed E-state index contributed by atoms with van der Waals surface area (Å²) in [7, 11) is 0. The number of hydrogen-bond donors (Lipinski definition) is 0. The Morgan fingerprint density at radius 1 is 0.840 bits per heavy atom. The van der Waals surface area contributed by atoms with Crippen LogP contribution in [0, 0.1) is 0 Å². The summed E-state index contributed by atoms with van der Waals surface area (Å²) in [5.74, 6) is 0. The summed E-state index contributed by atoms with van der Waals surface area (Å²) in [6.07, 6.45) is -4.14. The summed E-state index contributed by atoms with van der Waals surface area (Å²) in [6.45, 7) is 1.18. The van der Waals surface area contributed by atoms with Gasteiger partial charge in [0, 0.05) is 31.2 Å². The van der Waals surface area contributed by atoms with Crippen LogP contribution in [0.25, 0.3) is 0 Å². The largest absolute Gasteiger partial charge is 0.401 e. The lowest BCUT2D eigenvalue weighted by Crippen LogP contribution is -2.50. The van der Waals surface area contributed by atoms with Crippen molar-refractivity contribution in [1.82, 2.24) is 9.80 Å². The maximum Gasteiger partial charge on any atom is 0.401 e. The van der Waals surface area contributed by atoms with Crippen LogP contribution in [0.2, 0.25) is 5.02 Å². The number of benzene rings is 2. The van der Waals surface area contributed by atoms with E-state index in [1.54, 1.807) is 0 Å². The highest BCUT2D eigenvalue weighted by Gasteiger charge is 2.33. The minimum Gasteiger partial charge on any atom is -0.292 e. The zero-order valence-corrected chi connectivity index (χ0v) is 14.5. The molecule has 1 unspecified atom stereocenters. The second-order valence-corrected chi connectivity index (χ2v) is 6.73. The molecule has 1 heterocycles. The monoisotopic (exact) mass is 368 g/mol. The van der Waals surface area contributed by atoms with Crippen LogP contribution in [0.5, 0.6) is 0 Å². The second kappa shape index (κ2) is 7.77. The van der Waals surface area contributed by atoms with E-state index in [1.807, 2.05) is 42.5 Å². The summed E-state index contributed by atoms with van der Waals surface area (Å²) in [5.41, 5.74) is 2.23. The lowest BCUT2D eigenvalue weighted by atomic mass is 9.96. The molecule has 1 aliphatic rings. The van der Waals surface area contributed by atoms with E-state index in [0.717, 1.165) is 11.1 Å². The Balaban J connectivity index is 1.78. The third kappa shape index (κ3) is 4.97. The fourth-order valence-corrected chi connectivity index (χ4v) is 3.45. The van der Waals surface area contributed by atoms with Gasteiger partial charge >= 0.3 is 6.18 Å². The zero-order valence-electron chi connectivity index (χ0n) is 13.7. The molecule has 0 aliphatic carbocycles. The van der Waals surface area contributed by atoms with Crippen molar-refractivity contribution in [3.05, 3.63) is 70.7 Å². The Morgan fingerprint density at radius 2 is 1.40 bits per heavy atom. The van der Waals surface area contributed by atoms with Crippen LogP contribution < -0.4 is 0 Å². The van der Waals surface area contributed by atoms with Gasteiger partial charge in [0.2, 0.25) is 0 Å². The molecule has 1 fully saturated rings. The molecule has 0 radical (unpaired) electrons. The van der Waals surface area contributed by atoms with E-state index in [2.05, 4.69) is 17.0 Å². The van der Waals surface area contributed by atoms with Crippen LogP contribution >= 0.6 is 11.6 Å². The Hall–Kier alpha value is -1.56. The van der Waals surface area contributed by atoms with Crippen LogP contribution in [0.15, 0.2) is 54.6 Å². The summed E-state index contributed by atoms with van der Waals surface area (Å²) in [4.78, 5) is 3.71. The summed E-state index contributed by atoms with van der Waals surface area (Å²) in [5, 5.41) is 0.672. The maximum atomic E-state index is 12.6. The summed E-state index contributed by atoms with van der Waals surface area (Å²) >= 11 is 6.00. The van der Waals surface area contributed by atoms with Gasteiger partial charge in [-0.2, -0.15) is 13.2 Å². The molecule has 2 aromatic rings. The molecule has 134 valence electrons. The highest BCUT2D eigenvalue weighted by Crippen LogP contribution is 2.30. The summed E-state index contributed by atoms with van der Waals surface area (Å²) < 4.78 is 37.8. The van der Waals surface area contributed by atoms with Gasteiger partial charge in [0.15, 0.2) is 0 Å². The SMILES string of the molecule is FC(F)(F)CN1CCN(C(c2ccccc2)c2ccc(Cl)cc2)CC1. The van der Waals surface area contributed by atoms with Gasteiger partial charge in [-0.15, -0.1) is 0 Å². The number of piperazine rings is 1. The average molecular weight is 369 g/mol. The lowest BCUT2D eigenvalue weighted by Gasteiger charge is -2.40. The lowest BCUT2D eigenvalue weighted by molar-refractivity contribution is -0.149. The van der Waals surface area contributed by atoms with Crippen LogP contribution in [-0.4, -0.2) is 48.7 Å². The minimum absolute atomic E-state index is 0.0199. The molecule has 0 saturated carbocycles. The van der Waals surface area contributed by atoms with E-state index in [-0.39, 0.29) is 6.04 Å². The van der Waals surface area contributed by atoms with Crippen molar-refractivity contribution in [2.45, 2.75) is 12.2 Å². The molecule has 1 atom stereocenters. The van der Waals surface area contributed by atoms with Gasteiger partial charge in [0.05, 0.1) is 12.6 Å². The van der Waals surface area contributed by atoms with Crippen molar-refractivity contribution in [3.8, 4) is 0 Å². The molecule has 1 saturated heterocycles. The van der Waals surface area contributed by atoms with Crippen LogP contribution in [0.3, 0.4) is 0 Å². The molecule has 0 bridgehead atoms. The van der Waals surface area contributed by atoms with Gasteiger partial charge in [-0.1, -0.05) is 54.1 Å². The summed E-state index contributed by atoms with van der Waals surface area (Å²) in [6, 6.07) is 17.7. The van der Waals surface area contributed by atoms with Gasteiger partial charge in [-0.25, -0.2) is 0 Å². The van der Waals surface area contributed by atoms with E-state index >= 15 is 0 Å². The van der Waals surface area contributed by atoms with Crippen LogP contribution in [0.4, 0.5) is 13.2 Å². The quantitative estimate of drug-likeness (QED) is 0.777. The number of rotatable bonds is 4. The number of alkyl halides is 3. The van der Waals surface area contributed by atoms with E-state index in [9.17, 15) is 13.2 Å². The first kappa shape index (κ1) is 18.2. The van der Waals surface area contributed by atoms with Crippen molar-refractivity contribution in [2.75, 3.05) is 32.7 Å². The van der Waals surface area contributed by atoms with Crippen molar-refractivity contribution < 1.29 is 13.2 Å². The van der Waals surface area contributed by atoms with Crippen molar-refractivity contribution in [1.29, 1.82) is 0 Å². The maximum absolute atomic E-state index is 12.6. The van der Waals surface area contributed by atoms with E-state index in [4.69, 9.17) is 11.6 Å². The van der Waals surface area contributed by atoms with E-state index < -0.39 is 12.7 Å². The van der Waals surface area contributed by atoms with Crippen molar-refractivity contribution >= 4 is 11.6 Å². The number of hydrogen-bond acceptors (Lipinski definition) is 2. The Bertz CT molecular complexity index is 665.